The summed E-state index contributed by atoms with van der Waals surface area (Å²) in [5, 5.41) is 8.87. The van der Waals surface area contributed by atoms with E-state index in [1.165, 1.54) is 12.1 Å². The van der Waals surface area contributed by atoms with Gasteiger partial charge in [0.2, 0.25) is 5.91 Å². The molecule has 0 unspecified atom stereocenters. The number of guanidine groups is 1. The molecule has 0 atom stereocenters. The number of carbonyl (C=O) groups is 1. The minimum absolute atomic E-state index is 0. The molecule has 0 bridgehead atoms. The van der Waals surface area contributed by atoms with Crippen LogP contribution in [0.5, 0.6) is 0 Å². The smallest absolute Gasteiger partial charge is 0.356 e. The molecule has 5 nitrogen and oxygen atoms in total. The third kappa shape index (κ3) is 9.83. The molecular formula is C17H26F3IN4O. The van der Waals surface area contributed by atoms with Gasteiger partial charge in [-0.25, -0.2) is 0 Å². The van der Waals surface area contributed by atoms with Crippen molar-refractivity contribution in [3.8, 4) is 0 Å². The van der Waals surface area contributed by atoms with E-state index in [9.17, 15) is 18.0 Å². The Hall–Kier alpha value is -1.52. The van der Waals surface area contributed by atoms with E-state index >= 15 is 0 Å². The lowest BCUT2D eigenvalue weighted by Gasteiger charge is -2.12. The highest BCUT2D eigenvalue weighted by Crippen LogP contribution is 2.29. The van der Waals surface area contributed by atoms with E-state index in [1.54, 1.807) is 7.05 Å². The summed E-state index contributed by atoms with van der Waals surface area (Å²) >= 11 is 0. The van der Waals surface area contributed by atoms with Crippen LogP contribution in [0.4, 0.5) is 13.2 Å². The molecule has 1 aromatic rings. The van der Waals surface area contributed by atoms with Crippen molar-refractivity contribution in [3.63, 3.8) is 0 Å². The van der Waals surface area contributed by atoms with Gasteiger partial charge in [0, 0.05) is 33.1 Å². The maximum absolute atomic E-state index is 12.5. The van der Waals surface area contributed by atoms with Gasteiger partial charge < -0.3 is 16.0 Å². The number of nitrogens with zero attached hydrogens (tertiary/aromatic N) is 1. The standard InChI is InChI=1S/C17H25F3N4O.HI/c1-3-10-22-15(25)9-12-24-16(21-2)23-11-8-13-4-6-14(7-5-13)17(18,19)20;/h4-7H,3,8-12H2,1-2H3,(H,22,25)(H2,21,23,24);1H. The van der Waals surface area contributed by atoms with Gasteiger partial charge in [0.05, 0.1) is 5.56 Å². The van der Waals surface area contributed by atoms with Crippen LogP contribution in [0.25, 0.3) is 0 Å². The first-order chi connectivity index (χ1) is 11.9. The summed E-state index contributed by atoms with van der Waals surface area (Å²) in [6, 6.07) is 5.10. The number of rotatable bonds is 8. The van der Waals surface area contributed by atoms with Gasteiger partial charge in [-0.1, -0.05) is 19.1 Å². The van der Waals surface area contributed by atoms with Gasteiger partial charge in [0.25, 0.3) is 0 Å². The first-order valence-electron chi connectivity index (χ1n) is 8.24. The molecule has 0 aromatic heterocycles. The summed E-state index contributed by atoms with van der Waals surface area (Å²) in [5.41, 5.74) is 0.151. The number of carbonyl (C=O) groups excluding carboxylic acids is 1. The molecule has 148 valence electrons. The van der Waals surface area contributed by atoms with Crippen molar-refractivity contribution >= 4 is 35.8 Å². The fourth-order valence-electron chi connectivity index (χ4n) is 2.05. The highest BCUT2D eigenvalue weighted by atomic mass is 127. The molecule has 1 aromatic carbocycles. The fraction of sp³-hybridized carbons (Fsp3) is 0.529. The Balaban J connectivity index is 0.00000625. The molecule has 0 aliphatic carbocycles. The van der Waals surface area contributed by atoms with Gasteiger partial charge in [-0.15, -0.1) is 24.0 Å². The number of benzene rings is 1. The first kappa shape index (κ1) is 24.5. The maximum Gasteiger partial charge on any atom is 0.416 e. The molecule has 0 saturated heterocycles. The Kier molecular flexibility index (Phi) is 12.0. The zero-order valence-electron chi connectivity index (χ0n) is 14.9. The van der Waals surface area contributed by atoms with Gasteiger partial charge in [-0.05, 0) is 30.5 Å². The summed E-state index contributed by atoms with van der Waals surface area (Å²) in [6.45, 7) is 3.63. The van der Waals surface area contributed by atoms with Crippen LogP contribution < -0.4 is 16.0 Å². The van der Waals surface area contributed by atoms with Gasteiger partial charge in [-0.2, -0.15) is 13.2 Å². The molecular weight excluding hydrogens is 460 g/mol. The summed E-state index contributed by atoms with van der Waals surface area (Å²) < 4.78 is 37.5. The number of aliphatic imine (C=N–C) groups is 1. The van der Waals surface area contributed by atoms with Crippen molar-refractivity contribution in [1.29, 1.82) is 0 Å². The first-order valence-corrected chi connectivity index (χ1v) is 8.24. The molecule has 0 radical (unpaired) electrons. The molecule has 3 N–H and O–H groups in total. The van der Waals surface area contributed by atoms with Crippen molar-refractivity contribution in [2.45, 2.75) is 32.4 Å². The minimum atomic E-state index is -4.31. The van der Waals surface area contributed by atoms with Crippen molar-refractivity contribution in [2.24, 2.45) is 4.99 Å². The van der Waals surface area contributed by atoms with Crippen molar-refractivity contribution < 1.29 is 18.0 Å². The molecule has 26 heavy (non-hydrogen) atoms. The van der Waals surface area contributed by atoms with E-state index in [4.69, 9.17) is 0 Å². The largest absolute Gasteiger partial charge is 0.416 e. The average Bonchev–Trinajstić information content (AvgIpc) is 2.58. The molecule has 0 heterocycles. The summed E-state index contributed by atoms with van der Waals surface area (Å²) in [6.07, 6.45) is -2.51. The second-order valence-corrected chi connectivity index (χ2v) is 5.47. The van der Waals surface area contributed by atoms with Gasteiger partial charge in [0.15, 0.2) is 5.96 Å². The number of alkyl halides is 3. The number of nitrogens with one attached hydrogen (secondary N) is 3. The maximum atomic E-state index is 12.5. The van der Waals surface area contributed by atoms with Crippen LogP contribution in [0.1, 0.15) is 30.9 Å². The van der Waals surface area contributed by atoms with Crippen LogP contribution in [-0.4, -0.2) is 38.5 Å². The molecule has 0 fully saturated rings. The van der Waals surface area contributed by atoms with E-state index in [0.29, 0.717) is 38.4 Å². The van der Waals surface area contributed by atoms with Crippen molar-refractivity contribution in [1.82, 2.24) is 16.0 Å². The summed E-state index contributed by atoms with van der Waals surface area (Å²) in [5.74, 6) is 0.532. The SMILES string of the molecule is CCCNC(=O)CCNC(=NC)NCCc1ccc(C(F)(F)F)cc1.I. The Morgan fingerprint density at radius 3 is 2.19 bits per heavy atom. The van der Waals surface area contributed by atoms with E-state index in [-0.39, 0.29) is 29.9 Å². The average molecular weight is 486 g/mol. The van der Waals surface area contributed by atoms with Crippen LogP contribution in [0.3, 0.4) is 0 Å². The molecule has 0 spiro atoms. The van der Waals surface area contributed by atoms with Gasteiger partial charge in [-0.3, -0.25) is 9.79 Å². The van der Waals surface area contributed by atoms with Crippen LogP contribution in [0.2, 0.25) is 0 Å². The predicted octanol–water partition coefficient (Wildman–Crippen LogP) is 2.95. The van der Waals surface area contributed by atoms with Gasteiger partial charge >= 0.3 is 6.18 Å². The topological polar surface area (TPSA) is 65.5 Å². The molecule has 0 aliphatic heterocycles. The van der Waals surface area contributed by atoms with Crippen molar-refractivity contribution in [3.05, 3.63) is 35.4 Å². The lowest BCUT2D eigenvalue weighted by molar-refractivity contribution is -0.137. The molecule has 0 aliphatic rings. The van der Waals surface area contributed by atoms with Crippen LogP contribution in [0, 0.1) is 0 Å². The third-order valence-electron chi connectivity index (χ3n) is 3.43. The van der Waals surface area contributed by atoms with E-state index in [0.717, 1.165) is 24.1 Å². The normalized spacial score (nSPS) is 11.5. The van der Waals surface area contributed by atoms with Gasteiger partial charge in [0.1, 0.15) is 0 Å². The van der Waals surface area contributed by atoms with E-state index in [2.05, 4.69) is 20.9 Å². The molecule has 9 heteroatoms. The zero-order chi connectivity index (χ0) is 18.7. The van der Waals surface area contributed by atoms with Crippen LogP contribution in [0.15, 0.2) is 29.3 Å². The lowest BCUT2D eigenvalue weighted by atomic mass is 10.1. The monoisotopic (exact) mass is 486 g/mol. The Morgan fingerprint density at radius 2 is 1.65 bits per heavy atom. The quantitative estimate of drug-likeness (QED) is 0.301. The Morgan fingerprint density at radius 1 is 1.04 bits per heavy atom. The summed E-state index contributed by atoms with van der Waals surface area (Å²) in [7, 11) is 1.62. The van der Waals surface area contributed by atoms with E-state index < -0.39 is 11.7 Å². The predicted molar refractivity (Wildman–Crippen MR) is 108 cm³/mol. The number of halogens is 4. The molecule has 1 amide bonds. The minimum Gasteiger partial charge on any atom is -0.356 e. The number of hydrogen-bond acceptors (Lipinski definition) is 2. The summed E-state index contributed by atoms with van der Waals surface area (Å²) in [4.78, 5) is 15.5. The van der Waals surface area contributed by atoms with Crippen molar-refractivity contribution in [2.75, 3.05) is 26.7 Å². The molecule has 0 saturated carbocycles. The second kappa shape index (κ2) is 12.8. The lowest BCUT2D eigenvalue weighted by Crippen LogP contribution is -2.40. The number of amides is 1. The van der Waals surface area contributed by atoms with Crippen LogP contribution in [-0.2, 0) is 17.4 Å². The third-order valence-corrected chi connectivity index (χ3v) is 3.43. The highest BCUT2D eigenvalue weighted by molar-refractivity contribution is 14.0. The second-order valence-electron chi connectivity index (χ2n) is 5.47. The Bertz CT molecular complexity index is 562. The fourth-order valence-corrected chi connectivity index (χ4v) is 2.05. The zero-order valence-corrected chi connectivity index (χ0v) is 17.3. The van der Waals surface area contributed by atoms with Crippen LogP contribution >= 0.6 is 24.0 Å². The highest BCUT2D eigenvalue weighted by Gasteiger charge is 2.29. The Labute approximate surface area is 169 Å². The number of hydrogen-bond donors (Lipinski definition) is 3. The van der Waals surface area contributed by atoms with E-state index in [1.807, 2.05) is 6.92 Å². The molecule has 1 rings (SSSR count).